The number of hydrogen-bond acceptors (Lipinski definition) is 5. The minimum absolute atomic E-state index is 0.0781. The summed E-state index contributed by atoms with van der Waals surface area (Å²) >= 11 is 1.69. The van der Waals surface area contributed by atoms with Crippen LogP contribution in [0.15, 0.2) is 29.5 Å². The lowest BCUT2D eigenvalue weighted by Crippen LogP contribution is -2.40. The maximum absolute atomic E-state index is 13.1. The summed E-state index contributed by atoms with van der Waals surface area (Å²) in [5.41, 5.74) is 2.58. The van der Waals surface area contributed by atoms with Crippen molar-refractivity contribution in [3.05, 3.63) is 51.1 Å². The van der Waals surface area contributed by atoms with Crippen molar-refractivity contribution in [3.63, 3.8) is 0 Å². The van der Waals surface area contributed by atoms with Gasteiger partial charge in [0.15, 0.2) is 8.32 Å². The summed E-state index contributed by atoms with van der Waals surface area (Å²) in [5, 5.41) is 9.67. The predicted octanol–water partition coefficient (Wildman–Crippen LogP) is 4.32. The number of hydrogen-bond donors (Lipinski definition) is 0. The molecule has 0 spiro atoms. The fraction of sp³-hybridized carbons (Fsp3) is 0.476. The molecule has 0 aliphatic rings. The van der Waals surface area contributed by atoms with Crippen molar-refractivity contribution in [1.29, 1.82) is 0 Å². The first kappa shape index (κ1) is 21.0. The molecule has 0 aliphatic carbocycles. The number of aromatic nitrogens is 5. The Hall–Kier alpha value is -2.23. The van der Waals surface area contributed by atoms with E-state index in [0.29, 0.717) is 13.2 Å². The van der Waals surface area contributed by atoms with E-state index in [2.05, 4.69) is 54.7 Å². The highest BCUT2D eigenvalue weighted by atomic mass is 32.1. The molecule has 0 saturated heterocycles. The molecular weight excluding hydrogens is 414 g/mol. The van der Waals surface area contributed by atoms with Gasteiger partial charge in [-0.3, -0.25) is 9.48 Å². The van der Waals surface area contributed by atoms with Crippen LogP contribution in [0.2, 0.25) is 18.1 Å². The molecule has 0 saturated carbocycles. The summed E-state index contributed by atoms with van der Waals surface area (Å²) in [6, 6.07) is 1.90. The van der Waals surface area contributed by atoms with E-state index < -0.39 is 8.32 Å². The normalized spacial score (nSPS) is 13.0. The van der Waals surface area contributed by atoms with Gasteiger partial charge in [0.25, 0.3) is 5.56 Å². The van der Waals surface area contributed by atoms with Crippen LogP contribution in [0.5, 0.6) is 0 Å². The van der Waals surface area contributed by atoms with Crippen molar-refractivity contribution in [2.45, 2.75) is 59.0 Å². The molecule has 0 atom stereocenters. The van der Waals surface area contributed by atoms with Gasteiger partial charge in [0.05, 0.1) is 35.9 Å². The van der Waals surface area contributed by atoms with Crippen molar-refractivity contribution in [2.75, 3.05) is 0 Å². The second kappa shape index (κ2) is 7.18. The molecule has 0 unspecified atom stereocenters. The molecule has 0 bridgehead atoms. The molecule has 0 N–H and O–H groups in total. The average molecular weight is 444 g/mol. The van der Waals surface area contributed by atoms with Crippen LogP contribution in [0.3, 0.4) is 0 Å². The van der Waals surface area contributed by atoms with E-state index in [1.165, 1.54) is 4.68 Å². The number of aryl methyl sites for hydroxylation is 2. The molecule has 0 radical (unpaired) electrons. The predicted molar refractivity (Wildman–Crippen MR) is 124 cm³/mol. The Morgan fingerprint density at radius 2 is 2.00 bits per heavy atom. The zero-order valence-corrected chi connectivity index (χ0v) is 20.5. The van der Waals surface area contributed by atoms with Gasteiger partial charge in [0.2, 0.25) is 0 Å². The summed E-state index contributed by atoms with van der Waals surface area (Å²) in [6.07, 6.45) is 5.74. The van der Waals surface area contributed by atoms with Gasteiger partial charge in [-0.05, 0) is 36.7 Å². The quantitative estimate of drug-likeness (QED) is 0.431. The molecule has 0 aliphatic heterocycles. The fourth-order valence-corrected chi connectivity index (χ4v) is 5.39. The van der Waals surface area contributed by atoms with Crippen LogP contribution in [-0.4, -0.2) is 32.3 Å². The Labute approximate surface area is 181 Å². The molecule has 4 aromatic heterocycles. The number of nitrogens with zero attached hydrogens (tertiary/aromatic N) is 5. The second-order valence-electron chi connectivity index (χ2n) is 9.39. The summed E-state index contributed by atoms with van der Waals surface area (Å²) in [4.78, 5) is 15.4. The SMILES string of the molecule is Cc1c2c(=O)n(Cc3ccn(C)n3)ncc2n2cc(CO[Si](C)(C)C(C)(C)C)sc12. The van der Waals surface area contributed by atoms with E-state index in [9.17, 15) is 4.79 Å². The van der Waals surface area contributed by atoms with E-state index in [0.717, 1.165) is 31.9 Å². The maximum atomic E-state index is 13.1. The van der Waals surface area contributed by atoms with Crippen molar-refractivity contribution in [1.82, 2.24) is 24.0 Å². The Bertz CT molecular complexity index is 1290. The zero-order valence-electron chi connectivity index (χ0n) is 18.7. The third-order valence-corrected chi connectivity index (χ3v) is 11.8. The van der Waals surface area contributed by atoms with E-state index in [1.807, 2.05) is 26.2 Å². The van der Waals surface area contributed by atoms with Crippen LogP contribution in [0.1, 0.15) is 36.9 Å². The Balaban J connectivity index is 1.68. The Kier molecular flexibility index (Phi) is 5.03. The van der Waals surface area contributed by atoms with Gasteiger partial charge in [0.1, 0.15) is 4.83 Å². The summed E-state index contributed by atoms with van der Waals surface area (Å²) in [6.45, 7) is 14.3. The molecule has 4 rings (SSSR count). The third kappa shape index (κ3) is 3.55. The Morgan fingerprint density at radius 1 is 1.27 bits per heavy atom. The van der Waals surface area contributed by atoms with Crippen LogP contribution in [0, 0.1) is 6.92 Å². The van der Waals surface area contributed by atoms with Crippen molar-refractivity contribution in [3.8, 4) is 0 Å². The number of thiazole rings is 1. The van der Waals surface area contributed by atoms with Crippen LogP contribution < -0.4 is 5.56 Å². The van der Waals surface area contributed by atoms with Crippen LogP contribution in [0.4, 0.5) is 0 Å². The molecule has 30 heavy (non-hydrogen) atoms. The van der Waals surface area contributed by atoms with E-state index in [1.54, 1.807) is 22.2 Å². The topological polar surface area (TPSA) is 66.4 Å². The van der Waals surface area contributed by atoms with Crippen molar-refractivity contribution < 1.29 is 4.43 Å². The van der Waals surface area contributed by atoms with Crippen molar-refractivity contribution in [2.24, 2.45) is 7.05 Å². The van der Waals surface area contributed by atoms with E-state index >= 15 is 0 Å². The molecule has 0 aromatic carbocycles. The van der Waals surface area contributed by atoms with Crippen LogP contribution >= 0.6 is 11.3 Å². The summed E-state index contributed by atoms with van der Waals surface area (Å²) < 4.78 is 11.7. The van der Waals surface area contributed by atoms with Gasteiger partial charge >= 0.3 is 0 Å². The molecule has 0 fully saturated rings. The van der Waals surface area contributed by atoms with Gasteiger partial charge in [-0.25, -0.2) is 4.68 Å². The fourth-order valence-electron chi connectivity index (χ4n) is 3.31. The van der Waals surface area contributed by atoms with Gasteiger partial charge in [-0.1, -0.05) is 20.8 Å². The van der Waals surface area contributed by atoms with Crippen LogP contribution in [0.25, 0.3) is 15.7 Å². The van der Waals surface area contributed by atoms with Crippen LogP contribution in [-0.2, 0) is 24.6 Å². The monoisotopic (exact) mass is 443 g/mol. The number of rotatable bonds is 5. The molecule has 7 nitrogen and oxygen atoms in total. The second-order valence-corrected chi connectivity index (χ2v) is 15.3. The molecule has 9 heteroatoms. The number of fused-ring (bicyclic) bond motifs is 3. The van der Waals surface area contributed by atoms with Gasteiger partial charge < -0.3 is 8.83 Å². The van der Waals surface area contributed by atoms with E-state index in [4.69, 9.17) is 4.43 Å². The molecule has 4 heterocycles. The highest BCUT2D eigenvalue weighted by molar-refractivity contribution is 7.17. The molecule has 4 aromatic rings. The largest absolute Gasteiger partial charge is 0.412 e. The van der Waals surface area contributed by atoms with Gasteiger partial charge in [0, 0.05) is 24.3 Å². The third-order valence-electron chi connectivity index (χ3n) is 6.16. The van der Waals surface area contributed by atoms with Gasteiger partial charge in [-0.15, -0.1) is 11.3 Å². The average Bonchev–Trinajstić information content (AvgIpc) is 3.32. The minimum atomic E-state index is -1.81. The standard InChI is InChI=1S/C21H29N5O2SSi/c1-14-18-17(10-22-26(19(18)27)11-15-8-9-24(5)23-15)25-12-16(29-20(14)25)13-28-30(6,7)21(2,3)4/h8-10,12H,11,13H2,1-7H3. The molecular formula is C21H29N5O2SSi. The minimum Gasteiger partial charge on any atom is -0.412 e. The Morgan fingerprint density at radius 3 is 2.63 bits per heavy atom. The molecule has 160 valence electrons. The zero-order chi connectivity index (χ0) is 21.8. The first-order chi connectivity index (χ1) is 14.0. The van der Waals surface area contributed by atoms with E-state index in [-0.39, 0.29) is 10.6 Å². The first-order valence-corrected chi connectivity index (χ1v) is 13.8. The van der Waals surface area contributed by atoms with Gasteiger partial charge in [-0.2, -0.15) is 10.2 Å². The lowest BCUT2D eigenvalue weighted by atomic mass is 10.2. The first-order valence-electron chi connectivity index (χ1n) is 10.1. The highest BCUT2D eigenvalue weighted by Crippen LogP contribution is 2.38. The summed E-state index contributed by atoms with van der Waals surface area (Å²) in [5.74, 6) is 0. The van der Waals surface area contributed by atoms with Crippen molar-refractivity contribution >= 4 is 35.4 Å². The highest BCUT2D eigenvalue weighted by Gasteiger charge is 2.37. The maximum Gasteiger partial charge on any atom is 0.276 e. The molecule has 0 amide bonds. The lowest BCUT2D eigenvalue weighted by Gasteiger charge is -2.35. The lowest BCUT2D eigenvalue weighted by molar-refractivity contribution is 0.279. The summed E-state index contributed by atoms with van der Waals surface area (Å²) in [7, 11) is 0.0512. The smallest absolute Gasteiger partial charge is 0.276 e.